The van der Waals surface area contributed by atoms with Crippen LogP contribution >= 0.6 is 0 Å². The first-order chi connectivity index (χ1) is 9.85. The molecule has 0 unspecified atom stereocenters. The monoisotopic (exact) mass is 266 g/mol. The maximum absolute atomic E-state index is 8.84. The van der Waals surface area contributed by atoms with Gasteiger partial charge in [0.2, 0.25) is 0 Å². The van der Waals surface area contributed by atoms with Crippen molar-refractivity contribution in [1.29, 1.82) is 5.26 Å². The molecule has 3 heteroatoms. The predicted molar refractivity (Wildman–Crippen MR) is 80.4 cm³/mol. The summed E-state index contributed by atoms with van der Waals surface area (Å²) in [6.07, 6.45) is 1.93. The van der Waals surface area contributed by atoms with Crippen LogP contribution in [0.3, 0.4) is 0 Å². The molecule has 0 aliphatic heterocycles. The lowest BCUT2D eigenvalue weighted by Gasteiger charge is -2.11. The van der Waals surface area contributed by atoms with Gasteiger partial charge in [0, 0.05) is 5.56 Å². The van der Waals surface area contributed by atoms with Crippen molar-refractivity contribution in [1.82, 2.24) is 0 Å². The fourth-order valence-electron chi connectivity index (χ4n) is 1.98. The van der Waals surface area contributed by atoms with E-state index in [0.29, 0.717) is 18.7 Å². The van der Waals surface area contributed by atoms with Crippen LogP contribution in [0.5, 0.6) is 5.75 Å². The molecule has 0 aliphatic rings. The number of ether oxygens (including phenoxy) is 1. The molecule has 102 valence electrons. The third-order valence-corrected chi connectivity index (χ3v) is 3.07. The molecule has 2 N–H and O–H groups in total. The van der Waals surface area contributed by atoms with Crippen LogP contribution in [0.15, 0.2) is 48.5 Å². The second kappa shape index (κ2) is 7.32. The Balaban J connectivity index is 2.16. The highest BCUT2D eigenvalue weighted by Gasteiger charge is 2.05. The Bertz CT molecular complexity index is 585. The van der Waals surface area contributed by atoms with E-state index in [2.05, 4.69) is 6.07 Å². The van der Waals surface area contributed by atoms with Gasteiger partial charge < -0.3 is 10.5 Å². The topological polar surface area (TPSA) is 59.0 Å². The maximum Gasteiger partial charge on any atom is 0.127 e. The van der Waals surface area contributed by atoms with Crippen molar-refractivity contribution in [3.8, 4) is 22.9 Å². The van der Waals surface area contributed by atoms with Crippen molar-refractivity contribution in [3.05, 3.63) is 54.1 Å². The standard InChI is InChI=1S/C17H18N2O/c18-11-3-4-12-20-17-6-2-1-5-16(17)15-9-7-14(13-19)8-10-15/h1-2,5-10H,3-4,11-12,18H2. The summed E-state index contributed by atoms with van der Waals surface area (Å²) < 4.78 is 5.83. The lowest BCUT2D eigenvalue weighted by atomic mass is 10.0. The third kappa shape index (κ3) is 3.59. The SMILES string of the molecule is N#Cc1ccc(-c2ccccc2OCCCCN)cc1. The highest BCUT2D eigenvalue weighted by atomic mass is 16.5. The molecular weight excluding hydrogens is 248 g/mol. The number of nitrogens with zero attached hydrogens (tertiary/aromatic N) is 1. The molecule has 2 aromatic carbocycles. The zero-order chi connectivity index (χ0) is 14.2. The van der Waals surface area contributed by atoms with E-state index in [0.717, 1.165) is 29.7 Å². The number of unbranched alkanes of at least 4 members (excludes halogenated alkanes) is 1. The summed E-state index contributed by atoms with van der Waals surface area (Å²) in [5, 5.41) is 8.84. The van der Waals surface area contributed by atoms with Crippen LogP contribution < -0.4 is 10.5 Å². The molecule has 0 amide bonds. The van der Waals surface area contributed by atoms with Crippen LogP contribution in [0, 0.1) is 11.3 Å². The number of nitrogens with two attached hydrogens (primary N) is 1. The Morgan fingerprint density at radius 3 is 2.45 bits per heavy atom. The number of para-hydroxylation sites is 1. The lowest BCUT2D eigenvalue weighted by molar-refractivity contribution is 0.309. The van der Waals surface area contributed by atoms with Gasteiger partial charge in [0.25, 0.3) is 0 Å². The maximum atomic E-state index is 8.84. The van der Waals surface area contributed by atoms with Gasteiger partial charge in [0.05, 0.1) is 18.2 Å². The van der Waals surface area contributed by atoms with Gasteiger partial charge in [-0.2, -0.15) is 5.26 Å². The van der Waals surface area contributed by atoms with Gasteiger partial charge in [-0.3, -0.25) is 0 Å². The van der Waals surface area contributed by atoms with E-state index in [9.17, 15) is 0 Å². The van der Waals surface area contributed by atoms with Crippen LogP contribution in [0.2, 0.25) is 0 Å². The molecule has 0 saturated carbocycles. The average molecular weight is 266 g/mol. The molecule has 0 aliphatic carbocycles. The van der Waals surface area contributed by atoms with Crippen LogP contribution in [-0.4, -0.2) is 13.2 Å². The molecule has 0 bridgehead atoms. The summed E-state index contributed by atoms with van der Waals surface area (Å²) in [5.41, 5.74) is 8.24. The van der Waals surface area contributed by atoms with Gasteiger partial charge in [-0.25, -0.2) is 0 Å². The fraction of sp³-hybridized carbons (Fsp3) is 0.235. The first-order valence-corrected chi connectivity index (χ1v) is 6.77. The number of benzene rings is 2. The largest absolute Gasteiger partial charge is 0.493 e. The summed E-state index contributed by atoms with van der Waals surface area (Å²) >= 11 is 0. The van der Waals surface area contributed by atoms with Gasteiger partial charge in [0.15, 0.2) is 0 Å². The zero-order valence-corrected chi connectivity index (χ0v) is 11.4. The first-order valence-electron chi connectivity index (χ1n) is 6.77. The summed E-state index contributed by atoms with van der Waals surface area (Å²) in [6.45, 7) is 1.37. The minimum Gasteiger partial charge on any atom is -0.493 e. The molecule has 0 spiro atoms. The van der Waals surface area contributed by atoms with Gasteiger partial charge in [0.1, 0.15) is 5.75 Å². The summed E-state index contributed by atoms with van der Waals surface area (Å²) in [5.74, 6) is 0.870. The minimum atomic E-state index is 0.662. The Morgan fingerprint density at radius 2 is 1.75 bits per heavy atom. The highest BCUT2D eigenvalue weighted by molar-refractivity contribution is 5.70. The second-order valence-corrected chi connectivity index (χ2v) is 4.53. The number of hydrogen-bond donors (Lipinski definition) is 1. The molecule has 3 nitrogen and oxygen atoms in total. The van der Waals surface area contributed by atoms with Gasteiger partial charge in [-0.15, -0.1) is 0 Å². The van der Waals surface area contributed by atoms with Crippen molar-refractivity contribution >= 4 is 0 Å². The van der Waals surface area contributed by atoms with Crippen molar-refractivity contribution < 1.29 is 4.74 Å². The van der Waals surface area contributed by atoms with E-state index in [1.807, 2.05) is 48.5 Å². The highest BCUT2D eigenvalue weighted by Crippen LogP contribution is 2.30. The smallest absolute Gasteiger partial charge is 0.127 e. The Hall–Kier alpha value is -2.31. The minimum absolute atomic E-state index is 0.662. The Kier molecular flexibility index (Phi) is 5.16. The summed E-state index contributed by atoms with van der Waals surface area (Å²) in [7, 11) is 0. The Labute approximate surface area is 119 Å². The van der Waals surface area contributed by atoms with E-state index in [1.54, 1.807) is 0 Å². The van der Waals surface area contributed by atoms with Crippen molar-refractivity contribution in [3.63, 3.8) is 0 Å². The molecule has 0 fully saturated rings. The predicted octanol–water partition coefficient (Wildman–Crippen LogP) is 3.34. The van der Waals surface area contributed by atoms with Gasteiger partial charge in [-0.1, -0.05) is 30.3 Å². The molecule has 0 heterocycles. The van der Waals surface area contributed by atoms with E-state index >= 15 is 0 Å². The molecule has 0 radical (unpaired) electrons. The van der Waals surface area contributed by atoms with Gasteiger partial charge >= 0.3 is 0 Å². The molecule has 0 aromatic heterocycles. The molecule has 0 atom stereocenters. The number of rotatable bonds is 6. The third-order valence-electron chi connectivity index (χ3n) is 3.07. The van der Waals surface area contributed by atoms with E-state index in [1.165, 1.54) is 0 Å². The summed E-state index contributed by atoms with van der Waals surface area (Å²) in [4.78, 5) is 0. The first kappa shape index (κ1) is 14.1. The lowest BCUT2D eigenvalue weighted by Crippen LogP contribution is -2.03. The number of nitriles is 1. The molecule has 2 aromatic rings. The number of hydrogen-bond acceptors (Lipinski definition) is 3. The Morgan fingerprint density at radius 1 is 1.00 bits per heavy atom. The van der Waals surface area contributed by atoms with Crippen LogP contribution in [0.4, 0.5) is 0 Å². The molecular formula is C17H18N2O. The summed E-state index contributed by atoms with van der Waals surface area (Å²) in [6, 6.07) is 17.6. The van der Waals surface area contributed by atoms with Crippen molar-refractivity contribution in [2.24, 2.45) is 5.73 Å². The van der Waals surface area contributed by atoms with Crippen LogP contribution in [-0.2, 0) is 0 Å². The van der Waals surface area contributed by atoms with Crippen molar-refractivity contribution in [2.75, 3.05) is 13.2 Å². The van der Waals surface area contributed by atoms with E-state index in [-0.39, 0.29) is 0 Å². The van der Waals surface area contributed by atoms with Crippen LogP contribution in [0.25, 0.3) is 11.1 Å². The quantitative estimate of drug-likeness (QED) is 0.816. The van der Waals surface area contributed by atoms with Crippen molar-refractivity contribution in [2.45, 2.75) is 12.8 Å². The van der Waals surface area contributed by atoms with E-state index < -0.39 is 0 Å². The second-order valence-electron chi connectivity index (χ2n) is 4.53. The fourth-order valence-corrected chi connectivity index (χ4v) is 1.98. The molecule has 20 heavy (non-hydrogen) atoms. The molecule has 2 rings (SSSR count). The van der Waals surface area contributed by atoms with Crippen LogP contribution in [0.1, 0.15) is 18.4 Å². The zero-order valence-electron chi connectivity index (χ0n) is 11.4. The van der Waals surface area contributed by atoms with Gasteiger partial charge in [-0.05, 0) is 43.1 Å². The normalized spacial score (nSPS) is 10.0. The van der Waals surface area contributed by atoms with E-state index in [4.69, 9.17) is 15.7 Å². The average Bonchev–Trinajstić information content (AvgIpc) is 2.52. The molecule has 0 saturated heterocycles.